The lowest BCUT2D eigenvalue weighted by Crippen LogP contribution is -2.13. The van der Waals surface area contributed by atoms with E-state index in [4.69, 9.17) is 0 Å². The maximum atomic E-state index is 12.5. The van der Waals surface area contributed by atoms with Gasteiger partial charge in [0.15, 0.2) is 5.78 Å². The molecule has 24 heavy (non-hydrogen) atoms. The number of fused-ring (bicyclic) bond motifs is 1. The first kappa shape index (κ1) is 16.2. The lowest BCUT2D eigenvalue weighted by Gasteiger charge is -2.10. The van der Waals surface area contributed by atoms with E-state index in [1.807, 2.05) is 0 Å². The van der Waals surface area contributed by atoms with Crippen LogP contribution in [0.4, 0.5) is 11.4 Å². The molecule has 1 heterocycles. The molecule has 3 rings (SSSR count). The number of anilines is 2. The molecule has 0 radical (unpaired) electrons. The van der Waals surface area contributed by atoms with Crippen LogP contribution in [0.25, 0.3) is 0 Å². The van der Waals surface area contributed by atoms with Gasteiger partial charge in [0.25, 0.3) is 10.0 Å². The van der Waals surface area contributed by atoms with Crippen LogP contribution in [0.5, 0.6) is 0 Å². The third-order valence-corrected chi connectivity index (χ3v) is 5.37. The van der Waals surface area contributed by atoms with Gasteiger partial charge in [-0.05, 0) is 61.9 Å². The van der Waals surface area contributed by atoms with Gasteiger partial charge in [0.2, 0.25) is 5.91 Å². The Hall–Kier alpha value is -2.67. The van der Waals surface area contributed by atoms with Crippen LogP contribution >= 0.6 is 0 Å². The standard InChI is InChI=1S/C17H16N2O4S/c1-10-15-9-14(7-8-16(15)18-17(10)21)24(22,23)19-13-5-3-12(4-6-13)11(2)20/h3-10,19H,1-2H3,(H,18,21). The van der Waals surface area contributed by atoms with E-state index in [-0.39, 0.29) is 22.5 Å². The maximum absolute atomic E-state index is 12.5. The molecule has 0 fully saturated rings. The number of hydrogen-bond acceptors (Lipinski definition) is 4. The van der Waals surface area contributed by atoms with Gasteiger partial charge in [0, 0.05) is 16.9 Å². The summed E-state index contributed by atoms with van der Waals surface area (Å²) < 4.78 is 27.5. The largest absolute Gasteiger partial charge is 0.325 e. The van der Waals surface area contributed by atoms with Gasteiger partial charge < -0.3 is 5.32 Å². The normalized spacial score (nSPS) is 16.4. The molecule has 1 amide bonds. The van der Waals surface area contributed by atoms with Crippen LogP contribution in [-0.4, -0.2) is 20.1 Å². The van der Waals surface area contributed by atoms with E-state index in [2.05, 4.69) is 10.0 Å². The minimum atomic E-state index is -3.78. The van der Waals surface area contributed by atoms with Crippen LogP contribution in [0.3, 0.4) is 0 Å². The Labute approximate surface area is 139 Å². The fourth-order valence-electron chi connectivity index (χ4n) is 2.55. The SMILES string of the molecule is CC(=O)c1ccc(NS(=O)(=O)c2ccc3c(c2)C(C)C(=O)N3)cc1. The van der Waals surface area contributed by atoms with Crippen LogP contribution in [0.2, 0.25) is 0 Å². The van der Waals surface area contributed by atoms with E-state index in [1.165, 1.54) is 31.2 Å². The number of hydrogen-bond donors (Lipinski definition) is 2. The molecule has 1 aliphatic rings. The third-order valence-electron chi connectivity index (χ3n) is 3.99. The summed E-state index contributed by atoms with van der Waals surface area (Å²) in [5, 5.41) is 2.71. The zero-order valence-electron chi connectivity index (χ0n) is 13.2. The second-order valence-electron chi connectivity index (χ2n) is 5.70. The number of carbonyl (C=O) groups is 2. The maximum Gasteiger partial charge on any atom is 0.261 e. The zero-order chi connectivity index (χ0) is 17.5. The molecule has 0 saturated heterocycles. The van der Waals surface area contributed by atoms with Crippen molar-refractivity contribution in [2.24, 2.45) is 0 Å². The van der Waals surface area contributed by atoms with Crippen molar-refractivity contribution in [1.29, 1.82) is 0 Å². The van der Waals surface area contributed by atoms with Crippen molar-refractivity contribution in [2.45, 2.75) is 24.7 Å². The predicted molar refractivity (Wildman–Crippen MR) is 90.7 cm³/mol. The smallest absolute Gasteiger partial charge is 0.261 e. The number of ketones is 1. The molecule has 0 aliphatic carbocycles. The molecule has 7 heteroatoms. The minimum absolute atomic E-state index is 0.0836. The number of carbonyl (C=O) groups excluding carboxylic acids is 2. The Morgan fingerprint density at radius 1 is 1.12 bits per heavy atom. The Bertz CT molecular complexity index is 934. The van der Waals surface area contributed by atoms with Crippen molar-refractivity contribution in [3.63, 3.8) is 0 Å². The Morgan fingerprint density at radius 3 is 2.42 bits per heavy atom. The van der Waals surface area contributed by atoms with Gasteiger partial charge in [-0.3, -0.25) is 14.3 Å². The summed E-state index contributed by atoms with van der Waals surface area (Å²) in [6.07, 6.45) is 0. The molecular weight excluding hydrogens is 328 g/mol. The Morgan fingerprint density at radius 2 is 1.79 bits per heavy atom. The predicted octanol–water partition coefficient (Wildman–Crippen LogP) is 2.75. The molecule has 2 N–H and O–H groups in total. The van der Waals surface area contributed by atoms with Crippen LogP contribution in [0.1, 0.15) is 35.7 Å². The number of rotatable bonds is 4. The van der Waals surface area contributed by atoms with E-state index in [1.54, 1.807) is 25.1 Å². The van der Waals surface area contributed by atoms with Gasteiger partial charge in [0.1, 0.15) is 0 Å². The molecule has 6 nitrogen and oxygen atoms in total. The molecule has 2 aromatic rings. The highest BCUT2D eigenvalue weighted by atomic mass is 32.2. The van der Waals surface area contributed by atoms with Gasteiger partial charge in [-0.15, -0.1) is 0 Å². The summed E-state index contributed by atoms with van der Waals surface area (Å²) in [5.74, 6) is -0.619. The van der Waals surface area contributed by atoms with Crippen molar-refractivity contribution >= 4 is 33.1 Å². The van der Waals surface area contributed by atoms with Crippen LogP contribution in [0, 0.1) is 0 Å². The molecule has 0 bridgehead atoms. The van der Waals surface area contributed by atoms with Gasteiger partial charge in [-0.25, -0.2) is 8.42 Å². The van der Waals surface area contributed by atoms with Crippen molar-refractivity contribution in [2.75, 3.05) is 10.0 Å². The van der Waals surface area contributed by atoms with E-state index >= 15 is 0 Å². The fraction of sp³-hybridized carbons (Fsp3) is 0.176. The third kappa shape index (κ3) is 2.90. The average Bonchev–Trinajstić information content (AvgIpc) is 2.82. The molecule has 0 spiro atoms. The van der Waals surface area contributed by atoms with Crippen molar-refractivity contribution < 1.29 is 18.0 Å². The lowest BCUT2D eigenvalue weighted by molar-refractivity contribution is -0.116. The minimum Gasteiger partial charge on any atom is -0.325 e. The van der Waals surface area contributed by atoms with Gasteiger partial charge in [-0.1, -0.05) is 0 Å². The van der Waals surface area contributed by atoms with Gasteiger partial charge in [-0.2, -0.15) is 0 Å². The Balaban J connectivity index is 1.89. The van der Waals surface area contributed by atoms with E-state index in [0.717, 1.165) is 0 Å². The first-order valence-electron chi connectivity index (χ1n) is 7.36. The quantitative estimate of drug-likeness (QED) is 0.834. The molecule has 1 unspecified atom stereocenters. The van der Waals surface area contributed by atoms with Crippen molar-refractivity contribution in [3.05, 3.63) is 53.6 Å². The van der Waals surface area contributed by atoms with Crippen LogP contribution < -0.4 is 10.0 Å². The number of sulfonamides is 1. The monoisotopic (exact) mass is 344 g/mol. The molecule has 1 aliphatic heterocycles. The summed E-state index contributed by atoms with van der Waals surface area (Å²) >= 11 is 0. The highest BCUT2D eigenvalue weighted by Crippen LogP contribution is 2.34. The van der Waals surface area contributed by atoms with Crippen LogP contribution in [0.15, 0.2) is 47.4 Å². The summed E-state index contributed by atoms with van der Waals surface area (Å²) in [6, 6.07) is 10.7. The van der Waals surface area contributed by atoms with E-state index in [9.17, 15) is 18.0 Å². The number of benzene rings is 2. The topological polar surface area (TPSA) is 92.3 Å². The molecule has 124 valence electrons. The summed E-state index contributed by atoms with van der Waals surface area (Å²) in [4.78, 5) is 23.0. The second kappa shape index (κ2) is 5.76. The van der Waals surface area contributed by atoms with E-state index in [0.29, 0.717) is 22.5 Å². The highest BCUT2D eigenvalue weighted by molar-refractivity contribution is 7.92. The van der Waals surface area contributed by atoms with Crippen molar-refractivity contribution in [3.8, 4) is 0 Å². The van der Waals surface area contributed by atoms with E-state index < -0.39 is 10.0 Å². The molecular formula is C17H16N2O4S. The van der Waals surface area contributed by atoms with Crippen LogP contribution in [-0.2, 0) is 14.8 Å². The molecule has 1 atom stereocenters. The Kier molecular flexibility index (Phi) is 3.88. The summed E-state index contributed by atoms with van der Waals surface area (Å²) in [5.41, 5.74) is 2.17. The number of amides is 1. The first-order valence-corrected chi connectivity index (χ1v) is 8.85. The molecule has 0 saturated carbocycles. The zero-order valence-corrected chi connectivity index (χ0v) is 14.0. The summed E-state index contributed by atoms with van der Waals surface area (Å²) in [6.45, 7) is 3.17. The average molecular weight is 344 g/mol. The summed E-state index contributed by atoms with van der Waals surface area (Å²) in [7, 11) is -3.78. The lowest BCUT2D eigenvalue weighted by atomic mass is 10.0. The number of Topliss-reactive ketones (excluding diaryl/α,β-unsaturated/α-hetero) is 1. The molecule has 2 aromatic carbocycles. The van der Waals surface area contributed by atoms with Crippen molar-refractivity contribution in [1.82, 2.24) is 0 Å². The second-order valence-corrected chi connectivity index (χ2v) is 7.38. The van der Waals surface area contributed by atoms with Gasteiger partial charge in [0.05, 0.1) is 10.8 Å². The first-order chi connectivity index (χ1) is 11.3. The number of nitrogens with one attached hydrogen (secondary N) is 2. The van der Waals surface area contributed by atoms with Gasteiger partial charge >= 0.3 is 0 Å². The highest BCUT2D eigenvalue weighted by Gasteiger charge is 2.28. The fourth-order valence-corrected chi connectivity index (χ4v) is 3.64. The molecule has 0 aromatic heterocycles.